The molecular formula is C16H24. The van der Waals surface area contributed by atoms with Crippen molar-refractivity contribution in [2.45, 2.75) is 51.4 Å². The number of allylic oxidation sites excluding steroid dienone is 4. The van der Waals surface area contributed by atoms with E-state index in [0.717, 1.165) is 23.7 Å². The molecule has 0 nitrogen and oxygen atoms in total. The third kappa shape index (κ3) is 2.12. The summed E-state index contributed by atoms with van der Waals surface area (Å²) >= 11 is 0. The third-order valence-electron chi connectivity index (χ3n) is 5.07. The van der Waals surface area contributed by atoms with Crippen LogP contribution in [0.5, 0.6) is 0 Å². The van der Waals surface area contributed by atoms with Crippen molar-refractivity contribution in [2.24, 2.45) is 23.7 Å². The van der Waals surface area contributed by atoms with Crippen molar-refractivity contribution in [3.05, 3.63) is 24.3 Å². The Morgan fingerprint density at radius 3 is 2.50 bits per heavy atom. The molecule has 88 valence electrons. The SMILES string of the molecule is C1=CC2CCC(CC3CCCCC3)C2C=C1. The topological polar surface area (TPSA) is 0 Å². The summed E-state index contributed by atoms with van der Waals surface area (Å²) in [6, 6.07) is 0. The van der Waals surface area contributed by atoms with Crippen molar-refractivity contribution in [1.82, 2.24) is 0 Å². The molecule has 16 heavy (non-hydrogen) atoms. The predicted octanol–water partition coefficient (Wildman–Crippen LogP) is 4.73. The summed E-state index contributed by atoms with van der Waals surface area (Å²) in [6.07, 6.45) is 21.5. The van der Waals surface area contributed by atoms with E-state index in [1.165, 1.54) is 51.4 Å². The summed E-state index contributed by atoms with van der Waals surface area (Å²) in [7, 11) is 0. The van der Waals surface area contributed by atoms with Crippen LogP contribution in [-0.4, -0.2) is 0 Å². The van der Waals surface area contributed by atoms with Gasteiger partial charge in [0.1, 0.15) is 0 Å². The Bertz CT molecular complexity index is 280. The molecule has 0 bridgehead atoms. The summed E-state index contributed by atoms with van der Waals surface area (Å²) in [5.74, 6) is 3.86. The molecule has 0 saturated heterocycles. The van der Waals surface area contributed by atoms with Gasteiger partial charge < -0.3 is 0 Å². The van der Waals surface area contributed by atoms with E-state index in [2.05, 4.69) is 24.3 Å². The maximum Gasteiger partial charge on any atom is -0.0139 e. The Labute approximate surface area is 99.8 Å². The van der Waals surface area contributed by atoms with Crippen molar-refractivity contribution in [3.63, 3.8) is 0 Å². The summed E-state index contributed by atoms with van der Waals surface area (Å²) in [6.45, 7) is 0. The van der Waals surface area contributed by atoms with Gasteiger partial charge in [0.2, 0.25) is 0 Å². The van der Waals surface area contributed by atoms with Gasteiger partial charge in [-0.1, -0.05) is 56.4 Å². The van der Waals surface area contributed by atoms with E-state index in [1.807, 2.05) is 0 Å². The molecule has 3 aliphatic carbocycles. The van der Waals surface area contributed by atoms with Crippen LogP contribution in [0.25, 0.3) is 0 Å². The molecule has 0 aromatic rings. The van der Waals surface area contributed by atoms with Crippen LogP contribution in [0.3, 0.4) is 0 Å². The van der Waals surface area contributed by atoms with E-state index in [-0.39, 0.29) is 0 Å². The Balaban J connectivity index is 1.59. The number of hydrogen-bond acceptors (Lipinski definition) is 0. The molecule has 3 rings (SSSR count). The largest absolute Gasteiger partial charge is 0.0808 e. The van der Waals surface area contributed by atoms with Crippen molar-refractivity contribution >= 4 is 0 Å². The van der Waals surface area contributed by atoms with Gasteiger partial charge >= 0.3 is 0 Å². The molecule has 3 atom stereocenters. The van der Waals surface area contributed by atoms with Gasteiger partial charge in [-0.15, -0.1) is 0 Å². The molecule has 0 heterocycles. The van der Waals surface area contributed by atoms with Gasteiger partial charge in [-0.3, -0.25) is 0 Å². The second kappa shape index (κ2) is 4.77. The first kappa shape index (κ1) is 10.6. The van der Waals surface area contributed by atoms with Gasteiger partial charge in [0, 0.05) is 0 Å². The Hall–Kier alpha value is -0.520. The highest BCUT2D eigenvalue weighted by molar-refractivity contribution is 5.17. The fourth-order valence-corrected chi connectivity index (χ4v) is 4.19. The van der Waals surface area contributed by atoms with E-state index in [9.17, 15) is 0 Å². The van der Waals surface area contributed by atoms with Gasteiger partial charge in [-0.2, -0.15) is 0 Å². The summed E-state index contributed by atoms with van der Waals surface area (Å²) in [4.78, 5) is 0. The van der Waals surface area contributed by atoms with Gasteiger partial charge in [-0.25, -0.2) is 0 Å². The van der Waals surface area contributed by atoms with Gasteiger partial charge in [0.15, 0.2) is 0 Å². The molecule has 3 unspecified atom stereocenters. The molecule has 2 saturated carbocycles. The first-order valence-electron chi connectivity index (χ1n) is 7.28. The summed E-state index contributed by atoms with van der Waals surface area (Å²) < 4.78 is 0. The standard InChI is InChI=1S/C16H24/c1-2-6-13(7-3-1)12-15-11-10-14-8-4-5-9-16(14)15/h4-5,8-9,13-16H,1-3,6-7,10-12H2. The van der Waals surface area contributed by atoms with Crippen LogP contribution >= 0.6 is 0 Å². The highest BCUT2D eigenvalue weighted by atomic mass is 14.4. The van der Waals surface area contributed by atoms with Gasteiger partial charge in [0.25, 0.3) is 0 Å². The lowest BCUT2D eigenvalue weighted by Crippen LogP contribution is -2.17. The second-order valence-corrected chi connectivity index (χ2v) is 6.09. The maximum absolute atomic E-state index is 2.49. The normalized spacial score (nSPS) is 38.9. The highest BCUT2D eigenvalue weighted by Gasteiger charge is 2.34. The number of hydrogen-bond donors (Lipinski definition) is 0. The summed E-state index contributed by atoms with van der Waals surface area (Å²) in [5.41, 5.74) is 0. The van der Waals surface area contributed by atoms with Crippen LogP contribution < -0.4 is 0 Å². The van der Waals surface area contributed by atoms with Crippen molar-refractivity contribution in [1.29, 1.82) is 0 Å². The predicted molar refractivity (Wildman–Crippen MR) is 69.2 cm³/mol. The zero-order valence-corrected chi connectivity index (χ0v) is 10.3. The van der Waals surface area contributed by atoms with Crippen LogP contribution in [0.2, 0.25) is 0 Å². The van der Waals surface area contributed by atoms with Gasteiger partial charge in [-0.05, 0) is 42.9 Å². The zero-order chi connectivity index (χ0) is 10.8. The Morgan fingerprint density at radius 2 is 1.62 bits per heavy atom. The third-order valence-corrected chi connectivity index (χ3v) is 5.07. The van der Waals surface area contributed by atoms with E-state index < -0.39 is 0 Å². The van der Waals surface area contributed by atoms with Crippen LogP contribution in [0, 0.1) is 23.7 Å². The summed E-state index contributed by atoms with van der Waals surface area (Å²) in [5, 5.41) is 0. The maximum atomic E-state index is 2.49. The second-order valence-electron chi connectivity index (χ2n) is 6.09. The minimum Gasteiger partial charge on any atom is -0.0808 e. The minimum atomic E-state index is 0.888. The van der Waals surface area contributed by atoms with Crippen molar-refractivity contribution < 1.29 is 0 Å². The monoisotopic (exact) mass is 216 g/mol. The van der Waals surface area contributed by atoms with Crippen LogP contribution in [-0.2, 0) is 0 Å². The number of rotatable bonds is 2. The molecule has 0 aromatic carbocycles. The fourth-order valence-electron chi connectivity index (χ4n) is 4.19. The van der Waals surface area contributed by atoms with Crippen LogP contribution in [0.4, 0.5) is 0 Å². The number of fused-ring (bicyclic) bond motifs is 1. The zero-order valence-electron chi connectivity index (χ0n) is 10.3. The molecule has 2 fully saturated rings. The molecule has 3 aliphatic rings. The molecule has 0 spiro atoms. The molecule has 0 aliphatic heterocycles. The molecule has 0 heteroatoms. The molecule has 0 aromatic heterocycles. The minimum absolute atomic E-state index is 0.888. The average molecular weight is 216 g/mol. The first-order valence-corrected chi connectivity index (χ1v) is 7.28. The fraction of sp³-hybridized carbons (Fsp3) is 0.750. The van der Waals surface area contributed by atoms with Gasteiger partial charge in [0.05, 0.1) is 0 Å². The lowest BCUT2D eigenvalue weighted by Gasteiger charge is -2.28. The van der Waals surface area contributed by atoms with Crippen molar-refractivity contribution in [2.75, 3.05) is 0 Å². The lowest BCUT2D eigenvalue weighted by atomic mass is 9.77. The van der Waals surface area contributed by atoms with E-state index in [0.29, 0.717) is 0 Å². The molecule has 0 N–H and O–H groups in total. The van der Waals surface area contributed by atoms with E-state index in [4.69, 9.17) is 0 Å². The average Bonchev–Trinajstić information content (AvgIpc) is 2.74. The Morgan fingerprint density at radius 1 is 0.812 bits per heavy atom. The van der Waals surface area contributed by atoms with Crippen LogP contribution in [0.15, 0.2) is 24.3 Å². The molecular weight excluding hydrogens is 192 g/mol. The molecule has 0 amide bonds. The van der Waals surface area contributed by atoms with Crippen LogP contribution in [0.1, 0.15) is 51.4 Å². The first-order chi connectivity index (χ1) is 7.93. The van der Waals surface area contributed by atoms with E-state index >= 15 is 0 Å². The van der Waals surface area contributed by atoms with Crippen molar-refractivity contribution in [3.8, 4) is 0 Å². The highest BCUT2D eigenvalue weighted by Crippen LogP contribution is 2.45. The Kier molecular flexibility index (Phi) is 3.17. The van der Waals surface area contributed by atoms with E-state index in [1.54, 1.807) is 0 Å². The molecule has 0 radical (unpaired) electrons. The smallest absolute Gasteiger partial charge is 0.0139 e. The lowest BCUT2D eigenvalue weighted by molar-refractivity contribution is 0.263. The quantitative estimate of drug-likeness (QED) is 0.626.